The van der Waals surface area contributed by atoms with Crippen LogP contribution in [0.1, 0.15) is 32.3 Å². The lowest BCUT2D eigenvalue weighted by molar-refractivity contribution is -0.0137. The third-order valence-electron chi connectivity index (χ3n) is 5.12. The fourth-order valence-electron chi connectivity index (χ4n) is 3.84. The van der Waals surface area contributed by atoms with Crippen molar-refractivity contribution in [1.82, 2.24) is 9.80 Å². The highest BCUT2D eigenvalue weighted by Crippen LogP contribution is 2.34. The van der Waals surface area contributed by atoms with Gasteiger partial charge in [-0.05, 0) is 70.0 Å². The molecule has 3 saturated heterocycles. The Balaban J connectivity index is 1.84. The minimum absolute atomic E-state index is 0.0116. The normalized spacial score (nSPS) is 25.7. The van der Waals surface area contributed by atoms with E-state index in [4.69, 9.17) is 0 Å². The van der Waals surface area contributed by atoms with Crippen molar-refractivity contribution in [3.8, 4) is 11.8 Å². The number of halogens is 1. The maximum absolute atomic E-state index is 13.0. The number of hydrogen-bond donors (Lipinski definition) is 1. The molecule has 3 fully saturated rings. The molecule has 0 radical (unpaired) electrons. The molecule has 4 rings (SSSR count). The fraction of sp³-hybridized carbons (Fsp3) is 0.526. The van der Waals surface area contributed by atoms with Crippen molar-refractivity contribution in [3.05, 3.63) is 35.6 Å². The van der Waals surface area contributed by atoms with Gasteiger partial charge < -0.3 is 10.0 Å². The number of nitrogens with zero attached hydrogens (tertiary/aromatic N) is 2. The summed E-state index contributed by atoms with van der Waals surface area (Å²) in [6.07, 6.45) is 1.18. The third-order valence-corrected chi connectivity index (χ3v) is 5.12. The Morgan fingerprint density at radius 1 is 1.29 bits per heavy atom. The molecule has 1 aromatic carbocycles. The Labute approximate surface area is 142 Å². The largest absolute Gasteiger partial charge is 0.465 e. The van der Waals surface area contributed by atoms with Crippen molar-refractivity contribution in [3.63, 3.8) is 0 Å². The lowest BCUT2D eigenvalue weighted by atomic mass is 9.81. The Kier molecular flexibility index (Phi) is 4.51. The zero-order chi connectivity index (χ0) is 17.3. The molecule has 128 valence electrons. The van der Waals surface area contributed by atoms with E-state index in [1.807, 2.05) is 13.8 Å². The van der Waals surface area contributed by atoms with Gasteiger partial charge in [-0.25, -0.2) is 9.18 Å². The fourth-order valence-corrected chi connectivity index (χ4v) is 3.84. The van der Waals surface area contributed by atoms with E-state index in [2.05, 4.69) is 16.7 Å². The highest BCUT2D eigenvalue weighted by Gasteiger charge is 2.44. The maximum atomic E-state index is 13.0. The van der Waals surface area contributed by atoms with Gasteiger partial charge in [0.25, 0.3) is 0 Å². The minimum atomic E-state index is -0.924. The summed E-state index contributed by atoms with van der Waals surface area (Å²) in [7, 11) is 0. The lowest BCUT2D eigenvalue weighted by Crippen LogP contribution is -2.63. The Morgan fingerprint density at radius 3 is 2.42 bits per heavy atom. The van der Waals surface area contributed by atoms with Crippen molar-refractivity contribution >= 4 is 6.09 Å². The number of carboxylic acid groups (broad SMARTS) is 1. The van der Waals surface area contributed by atoms with Gasteiger partial charge in [-0.1, -0.05) is 11.8 Å². The molecule has 1 atom stereocenters. The Morgan fingerprint density at radius 2 is 1.92 bits per heavy atom. The van der Waals surface area contributed by atoms with Crippen molar-refractivity contribution in [2.75, 3.05) is 19.6 Å². The van der Waals surface area contributed by atoms with E-state index in [1.54, 1.807) is 12.1 Å². The summed E-state index contributed by atoms with van der Waals surface area (Å²) in [6.45, 7) is 6.61. The number of amides is 1. The zero-order valence-electron chi connectivity index (χ0n) is 14.1. The summed E-state index contributed by atoms with van der Waals surface area (Å²) >= 11 is 0. The van der Waals surface area contributed by atoms with Crippen LogP contribution in [0, 0.1) is 23.6 Å². The summed E-state index contributed by atoms with van der Waals surface area (Å²) in [5, 5.41) is 9.81. The molecule has 3 aliphatic heterocycles. The smallest absolute Gasteiger partial charge is 0.408 e. The second-order valence-corrected chi connectivity index (χ2v) is 7.17. The molecule has 1 N–H and O–H groups in total. The van der Waals surface area contributed by atoms with Crippen LogP contribution in [0.5, 0.6) is 0 Å². The summed E-state index contributed by atoms with van der Waals surface area (Å²) in [6, 6.07) is 5.93. The first-order valence-corrected chi connectivity index (χ1v) is 8.40. The van der Waals surface area contributed by atoms with E-state index in [1.165, 1.54) is 17.0 Å². The van der Waals surface area contributed by atoms with Crippen LogP contribution >= 0.6 is 0 Å². The average molecular weight is 330 g/mol. The van der Waals surface area contributed by atoms with Crippen LogP contribution in [0.4, 0.5) is 9.18 Å². The maximum Gasteiger partial charge on any atom is 0.408 e. The first-order chi connectivity index (χ1) is 11.4. The molecule has 3 aliphatic rings. The zero-order valence-corrected chi connectivity index (χ0v) is 14.1. The number of hydrogen-bond acceptors (Lipinski definition) is 2. The lowest BCUT2D eigenvalue weighted by Gasteiger charge is -2.51. The highest BCUT2D eigenvalue weighted by molar-refractivity contribution is 5.68. The SMILES string of the molecule is CC(C)(C#Cc1ccc(F)cc1)N(C(=O)O)C1CN2CCC1CC2. The van der Waals surface area contributed by atoms with Crippen molar-refractivity contribution in [2.45, 2.75) is 38.3 Å². The molecule has 24 heavy (non-hydrogen) atoms. The molecule has 0 saturated carbocycles. The van der Waals surface area contributed by atoms with E-state index in [0.717, 1.165) is 32.5 Å². The Hall–Kier alpha value is -2.06. The van der Waals surface area contributed by atoms with E-state index in [-0.39, 0.29) is 11.9 Å². The monoisotopic (exact) mass is 330 g/mol. The predicted molar refractivity (Wildman–Crippen MR) is 90.2 cm³/mol. The molecule has 2 bridgehead atoms. The average Bonchev–Trinajstić information content (AvgIpc) is 2.55. The van der Waals surface area contributed by atoms with Crippen LogP contribution in [0.15, 0.2) is 24.3 Å². The topological polar surface area (TPSA) is 43.8 Å². The second-order valence-electron chi connectivity index (χ2n) is 7.17. The number of rotatable bonds is 2. The van der Waals surface area contributed by atoms with E-state index in [9.17, 15) is 14.3 Å². The summed E-state index contributed by atoms with van der Waals surface area (Å²) < 4.78 is 13.0. The molecule has 3 heterocycles. The predicted octanol–water partition coefficient (Wildman–Crippen LogP) is 3.03. The quantitative estimate of drug-likeness (QED) is 0.848. The number of fused-ring (bicyclic) bond motifs is 3. The molecular weight excluding hydrogens is 307 g/mol. The molecule has 4 nitrogen and oxygen atoms in total. The number of carbonyl (C=O) groups is 1. The van der Waals surface area contributed by atoms with Crippen LogP contribution in [-0.4, -0.2) is 52.2 Å². The molecule has 5 heteroatoms. The molecule has 0 spiro atoms. The van der Waals surface area contributed by atoms with E-state index < -0.39 is 11.6 Å². The van der Waals surface area contributed by atoms with Crippen LogP contribution in [0.2, 0.25) is 0 Å². The van der Waals surface area contributed by atoms with Gasteiger partial charge in [-0.15, -0.1) is 0 Å². The molecule has 1 amide bonds. The van der Waals surface area contributed by atoms with Crippen molar-refractivity contribution < 1.29 is 14.3 Å². The number of benzene rings is 1. The van der Waals surface area contributed by atoms with Gasteiger partial charge in [-0.2, -0.15) is 0 Å². The third kappa shape index (κ3) is 3.39. The Bertz CT molecular complexity index is 667. The van der Waals surface area contributed by atoms with Crippen LogP contribution in [0.3, 0.4) is 0 Å². The highest BCUT2D eigenvalue weighted by atomic mass is 19.1. The van der Waals surface area contributed by atoms with Gasteiger partial charge in [0.1, 0.15) is 11.4 Å². The second kappa shape index (κ2) is 6.45. The minimum Gasteiger partial charge on any atom is -0.465 e. The number of piperidine rings is 3. The molecule has 1 aromatic rings. The first-order valence-electron chi connectivity index (χ1n) is 8.40. The van der Waals surface area contributed by atoms with Crippen LogP contribution in [-0.2, 0) is 0 Å². The molecule has 0 aromatic heterocycles. The molecule has 0 aliphatic carbocycles. The molecular formula is C19H23FN2O2. The van der Waals surface area contributed by atoms with Gasteiger partial charge in [0, 0.05) is 12.1 Å². The summed E-state index contributed by atoms with van der Waals surface area (Å²) in [5.41, 5.74) is -0.118. The summed E-state index contributed by atoms with van der Waals surface area (Å²) in [5.74, 6) is 6.19. The van der Waals surface area contributed by atoms with E-state index in [0.29, 0.717) is 11.5 Å². The van der Waals surface area contributed by atoms with E-state index >= 15 is 0 Å². The molecule has 1 unspecified atom stereocenters. The van der Waals surface area contributed by atoms with Crippen LogP contribution < -0.4 is 0 Å². The van der Waals surface area contributed by atoms with Gasteiger partial charge in [0.15, 0.2) is 0 Å². The van der Waals surface area contributed by atoms with Crippen molar-refractivity contribution in [1.29, 1.82) is 0 Å². The van der Waals surface area contributed by atoms with Gasteiger partial charge in [-0.3, -0.25) is 4.90 Å². The van der Waals surface area contributed by atoms with Crippen LogP contribution in [0.25, 0.3) is 0 Å². The van der Waals surface area contributed by atoms with Gasteiger partial charge in [0.05, 0.1) is 6.04 Å². The van der Waals surface area contributed by atoms with Crippen molar-refractivity contribution in [2.24, 2.45) is 5.92 Å². The standard InChI is InChI=1S/C19H23FN2O2/c1-19(2,10-7-14-3-5-16(20)6-4-14)22(18(23)24)17-13-21-11-8-15(17)9-12-21/h3-6,15,17H,8-9,11-13H2,1-2H3,(H,23,24). The first kappa shape index (κ1) is 16.8. The summed E-state index contributed by atoms with van der Waals surface area (Å²) in [4.78, 5) is 15.8. The van der Waals surface area contributed by atoms with Gasteiger partial charge >= 0.3 is 6.09 Å². The van der Waals surface area contributed by atoms with Gasteiger partial charge in [0.2, 0.25) is 0 Å².